The second-order valence-corrected chi connectivity index (χ2v) is 5.83. The molecule has 1 aromatic carbocycles. The largest absolute Gasteiger partial charge is 0.379 e. The van der Waals surface area contributed by atoms with Gasteiger partial charge in [0.05, 0.1) is 5.69 Å². The number of rotatable bonds is 3. The lowest BCUT2D eigenvalue weighted by Crippen LogP contribution is -2.02. The smallest absolute Gasteiger partial charge is 0.140 e. The van der Waals surface area contributed by atoms with Gasteiger partial charge in [0.2, 0.25) is 0 Å². The summed E-state index contributed by atoms with van der Waals surface area (Å²) in [5.74, 6) is 0. The summed E-state index contributed by atoms with van der Waals surface area (Å²) < 4.78 is 2.02. The fraction of sp³-hybridized carbons (Fsp3) is 0.143. The Labute approximate surface area is 128 Å². The zero-order chi connectivity index (χ0) is 13.8. The molecule has 2 rings (SSSR count). The van der Waals surface area contributed by atoms with Gasteiger partial charge in [0.15, 0.2) is 0 Å². The Kier molecular flexibility index (Phi) is 4.56. The summed E-state index contributed by atoms with van der Waals surface area (Å²) in [6.45, 7) is 2.68. The van der Waals surface area contributed by atoms with Gasteiger partial charge in [-0.3, -0.25) is 0 Å². The van der Waals surface area contributed by atoms with E-state index in [0.29, 0.717) is 12.2 Å². The van der Waals surface area contributed by atoms with E-state index in [4.69, 9.17) is 5.26 Å². The van der Waals surface area contributed by atoms with Crippen molar-refractivity contribution >= 4 is 37.5 Å². The normalized spacial score (nSPS) is 10.0. The Hall–Kier alpha value is -1.38. The van der Waals surface area contributed by atoms with E-state index in [1.807, 2.05) is 19.1 Å². The van der Waals surface area contributed by atoms with E-state index in [1.165, 1.54) is 5.56 Å². The average Bonchev–Trinajstić information content (AvgIpc) is 2.37. The Morgan fingerprint density at radius 2 is 1.95 bits per heavy atom. The van der Waals surface area contributed by atoms with Crippen LogP contribution in [-0.2, 0) is 6.54 Å². The van der Waals surface area contributed by atoms with Crippen LogP contribution in [0.1, 0.15) is 16.8 Å². The van der Waals surface area contributed by atoms with Crippen molar-refractivity contribution in [3.8, 4) is 6.07 Å². The first-order valence-electron chi connectivity index (χ1n) is 5.64. The number of aromatic nitrogens is 1. The van der Waals surface area contributed by atoms with E-state index in [1.54, 1.807) is 12.3 Å². The van der Waals surface area contributed by atoms with Gasteiger partial charge in [-0.05, 0) is 74.2 Å². The molecular weight excluding hydrogens is 370 g/mol. The van der Waals surface area contributed by atoms with Gasteiger partial charge in [-0.1, -0.05) is 0 Å². The van der Waals surface area contributed by atoms with Gasteiger partial charge >= 0.3 is 0 Å². The lowest BCUT2D eigenvalue weighted by molar-refractivity contribution is 1.11. The number of aryl methyl sites for hydroxylation is 1. The minimum Gasteiger partial charge on any atom is -0.379 e. The molecule has 0 amide bonds. The second kappa shape index (κ2) is 6.18. The van der Waals surface area contributed by atoms with E-state index in [2.05, 4.69) is 54.3 Å². The first kappa shape index (κ1) is 14.0. The molecule has 1 heterocycles. The monoisotopic (exact) mass is 379 g/mol. The molecule has 0 aliphatic rings. The molecule has 0 aliphatic carbocycles. The molecule has 5 heteroatoms. The number of hydrogen-bond donors (Lipinski definition) is 1. The number of benzene rings is 1. The number of halogens is 2. The first-order valence-corrected chi connectivity index (χ1v) is 7.23. The summed E-state index contributed by atoms with van der Waals surface area (Å²) in [7, 11) is 0. The molecule has 0 atom stereocenters. The molecule has 0 fully saturated rings. The zero-order valence-electron chi connectivity index (χ0n) is 10.2. The molecule has 0 spiro atoms. The lowest BCUT2D eigenvalue weighted by atomic mass is 10.2. The number of nitriles is 1. The Morgan fingerprint density at radius 1 is 1.26 bits per heavy atom. The quantitative estimate of drug-likeness (QED) is 0.858. The minimum atomic E-state index is 0.432. The maximum absolute atomic E-state index is 8.82. The van der Waals surface area contributed by atoms with Gasteiger partial charge in [-0.15, -0.1) is 0 Å². The summed E-state index contributed by atoms with van der Waals surface area (Å²) in [6, 6.07) is 9.82. The number of anilines is 1. The number of nitrogens with zero attached hydrogens (tertiary/aromatic N) is 2. The molecule has 1 aromatic heterocycles. The standard InChI is InChI=1S/C14H11Br2N3/c1-9-4-12(15)14(13(16)5-9)19-8-10-2-3-18-11(6-10)7-17/h2-6,19H,8H2,1H3. The van der Waals surface area contributed by atoms with Crippen molar-refractivity contribution in [3.05, 3.63) is 56.2 Å². The molecule has 0 bridgehead atoms. The molecule has 1 N–H and O–H groups in total. The Morgan fingerprint density at radius 3 is 2.58 bits per heavy atom. The SMILES string of the molecule is Cc1cc(Br)c(NCc2ccnc(C#N)c2)c(Br)c1. The van der Waals surface area contributed by atoms with Crippen molar-refractivity contribution in [3.63, 3.8) is 0 Å². The van der Waals surface area contributed by atoms with Gasteiger partial charge in [0.1, 0.15) is 11.8 Å². The number of nitrogens with one attached hydrogen (secondary N) is 1. The molecule has 96 valence electrons. The fourth-order valence-electron chi connectivity index (χ4n) is 1.70. The van der Waals surface area contributed by atoms with Crippen LogP contribution in [0.4, 0.5) is 5.69 Å². The molecule has 19 heavy (non-hydrogen) atoms. The topological polar surface area (TPSA) is 48.7 Å². The van der Waals surface area contributed by atoms with Gasteiger partial charge in [0.25, 0.3) is 0 Å². The van der Waals surface area contributed by atoms with Crippen molar-refractivity contribution in [2.24, 2.45) is 0 Å². The highest BCUT2D eigenvalue weighted by atomic mass is 79.9. The summed E-state index contributed by atoms with van der Waals surface area (Å²) in [4.78, 5) is 3.95. The predicted molar refractivity (Wildman–Crippen MR) is 82.9 cm³/mol. The second-order valence-electron chi connectivity index (χ2n) is 4.12. The Bertz CT molecular complexity index is 624. The van der Waals surface area contributed by atoms with Crippen LogP contribution in [0.15, 0.2) is 39.4 Å². The molecule has 3 nitrogen and oxygen atoms in total. The first-order chi connectivity index (χ1) is 9.10. The minimum absolute atomic E-state index is 0.432. The Balaban J connectivity index is 2.17. The van der Waals surface area contributed by atoms with E-state index in [-0.39, 0.29) is 0 Å². The van der Waals surface area contributed by atoms with Crippen molar-refractivity contribution in [2.45, 2.75) is 13.5 Å². The summed E-state index contributed by atoms with van der Waals surface area (Å²) in [6.07, 6.45) is 1.65. The molecule has 0 saturated heterocycles. The van der Waals surface area contributed by atoms with Crippen LogP contribution >= 0.6 is 31.9 Å². The fourth-order valence-corrected chi connectivity index (χ4v) is 3.40. The highest BCUT2D eigenvalue weighted by Crippen LogP contribution is 2.32. The predicted octanol–water partition coefficient (Wildman–Crippen LogP) is 4.40. The van der Waals surface area contributed by atoms with Crippen LogP contribution in [0.3, 0.4) is 0 Å². The average molecular weight is 381 g/mol. The zero-order valence-corrected chi connectivity index (χ0v) is 13.4. The van der Waals surface area contributed by atoms with Crippen LogP contribution < -0.4 is 5.32 Å². The highest BCUT2D eigenvalue weighted by Gasteiger charge is 2.06. The van der Waals surface area contributed by atoms with Gasteiger partial charge in [-0.25, -0.2) is 4.98 Å². The van der Waals surface area contributed by atoms with Crippen LogP contribution in [-0.4, -0.2) is 4.98 Å². The van der Waals surface area contributed by atoms with Crippen LogP contribution in [0.5, 0.6) is 0 Å². The molecule has 0 aliphatic heterocycles. The summed E-state index contributed by atoms with van der Waals surface area (Å²) >= 11 is 7.08. The van der Waals surface area contributed by atoms with E-state index in [0.717, 1.165) is 20.2 Å². The third-order valence-electron chi connectivity index (χ3n) is 2.59. The molecular formula is C14H11Br2N3. The van der Waals surface area contributed by atoms with E-state index < -0.39 is 0 Å². The van der Waals surface area contributed by atoms with Crippen molar-refractivity contribution < 1.29 is 0 Å². The van der Waals surface area contributed by atoms with Gasteiger partial charge in [0, 0.05) is 21.7 Å². The molecule has 0 unspecified atom stereocenters. The van der Waals surface area contributed by atoms with Crippen LogP contribution in [0, 0.1) is 18.3 Å². The van der Waals surface area contributed by atoms with Gasteiger partial charge < -0.3 is 5.32 Å². The van der Waals surface area contributed by atoms with Crippen molar-refractivity contribution in [1.29, 1.82) is 5.26 Å². The lowest BCUT2D eigenvalue weighted by Gasteiger charge is -2.12. The highest BCUT2D eigenvalue weighted by molar-refractivity contribution is 9.11. The van der Waals surface area contributed by atoms with Crippen molar-refractivity contribution in [2.75, 3.05) is 5.32 Å². The molecule has 0 radical (unpaired) electrons. The van der Waals surface area contributed by atoms with Crippen LogP contribution in [0.2, 0.25) is 0 Å². The van der Waals surface area contributed by atoms with Crippen LogP contribution in [0.25, 0.3) is 0 Å². The van der Waals surface area contributed by atoms with Gasteiger partial charge in [-0.2, -0.15) is 5.26 Å². The maximum atomic E-state index is 8.82. The molecule has 0 saturated carbocycles. The summed E-state index contributed by atoms with van der Waals surface area (Å²) in [5, 5.41) is 12.2. The van der Waals surface area contributed by atoms with Crippen molar-refractivity contribution in [1.82, 2.24) is 4.98 Å². The third-order valence-corrected chi connectivity index (χ3v) is 3.85. The molecule has 2 aromatic rings. The maximum Gasteiger partial charge on any atom is 0.140 e. The van der Waals surface area contributed by atoms with E-state index >= 15 is 0 Å². The van der Waals surface area contributed by atoms with E-state index in [9.17, 15) is 0 Å². The number of hydrogen-bond acceptors (Lipinski definition) is 3. The number of pyridine rings is 1. The third kappa shape index (κ3) is 3.55. The summed E-state index contributed by atoms with van der Waals surface area (Å²) in [5.41, 5.74) is 3.63.